The van der Waals surface area contributed by atoms with Crippen LogP contribution in [0.5, 0.6) is 0 Å². The Morgan fingerprint density at radius 2 is 2.05 bits per heavy atom. The van der Waals surface area contributed by atoms with Gasteiger partial charge in [-0.2, -0.15) is 0 Å². The van der Waals surface area contributed by atoms with E-state index in [0.717, 1.165) is 0 Å². The van der Waals surface area contributed by atoms with Gasteiger partial charge in [-0.3, -0.25) is 5.32 Å². The maximum atomic E-state index is 11.9. The third-order valence-corrected chi connectivity index (χ3v) is 3.54. The predicted molar refractivity (Wildman–Crippen MR) is 85.4 cm³/mol. The molecule has 7 heteroatoms. The summed E-state index contributed by atoms with van der Waals surface area (Å²) in [5, 5.41) is 2.96. The number of aromatic nitrogens is 1. The molecule has 1 aromatic carbocycles. The van der Waals surface area contributed by atoms with E-state index < -0.39 is 17.7 Å². The van der Waals surface area contributed by atoms with Crippen molar-refractivity contribution in [2.75, 3.05) is 11.9 Å². The Labute approximate surface area is 132 Å². The summed E-state index contributed by atoms with van der Waals surface area (Å²) < 4.78 is 10.9. The minimum absolute atomic E-state index is 0.303. The zero-order valence-corrected chi connectivity index (χ0v) is 13.7. The highest BCUT2D eigenvalue weighted by atomic mass is 32.1. The van der Waals surface area contributed by atoms with Gasteiger partial charge in [0, 0.05) is 0 Å². The number of esters is 1. The van der Waals surface area contributed by atoms with Crippen LogP contribution in [0.15, 0.2) is 18.2 Å². The smallest absolute Gasteiger partial charge is 0.413 e. The van der Waals surface area contributed by atoms with Gasteiger partial charge in [-0.05, 0) is 39.8 Å². The Hall–Kier alpha value is -2.15. The van der Waals surface area contributed by atoms with Crippen LogP contribution in [0.1, 0.15) is 38.1 Å². The molecule has 0 aliphatic carbocycles. The van der Waals surface area contributed by atoms with Gasteiger partial charge in [-0.15, -0.1) is 0 Å². The van der Waals surface area contributed by atoms with Crippen LogP contribution in [0.2, 0.25) is 0 Å². The number of carbonyl (C=O) groups is 2. The van der Waals surface area contributed by atoms with Crippen molar-refractivity contribution in [2.45, 2.75) is 33.3 Å². The number of hydrogen-bond acceptors (Lipinski definition) is 6. The van der Waals surface area contributed by atoms with E-state index in [4.69, 9.17) is 9.47 Å². The number of carbonyl (C=O) groups excluding carboxylic acids is 2. The van der Waals surface area contributed by atoms with E-state index >= 15 is 0 Å². The predicted octanol–water partition coefficient (Wildman–Crippen LogP) is 3.82. The molecule has 1 N–H and O–H groups in total. The summed E-state index contributed by atoms with van der Waals surface area (Å²) in [6.45, 7) is 7.40. The number of benzene rings is 1. The van der Waals surface area contributed by atoms with Gasteiger partial charge in [0.1, 0.15) is 5.60 Å². The molecule has 0 spiro atoms. The molecule has 2 aromatic rings. The topological polar surface area (TPSA) is 77.5 Å². The molecule has 0 unspecified atom stereocenters. The maximum Gasteiger partial charge on any atom is 0.413 e. The standard InChI is InChI=1S/C15H18N2O4S/c1-5-20-12(18)9-7-6-8-10-11(9)22-13(16-10)17-14(19)21-15(2,3)4/h6-8H,5H2,1-4H3,(H,16,17,19). The van der Waals surface area contributed by atoms with Gasteiger partial charge >= 0.3 is 12.1 Å². The third kappa shape index (κ3) is 3.94. The van der Waals surface area contributed by atoms with Crippen LogP contribution in [0.25, 0.3) is 10.2 Å². The molecule has 118 valence electrons. The number of rotatable bonds is 3. The number of ether oxygens (including phenoxy) is 2. The first-order valence-corrected chi connectivity index (χ1v) is 7.68. The summed E-state index contributed by atoms with van der Waals surface area (Å²) in [7, 11) is 0. The molecule has 0 radical (unpaired) electrons. The van der Waals surface area contributed by atoms with Crippen LogP contribution in [0.3, 0.4) is 0 Å². The number of thiazole rings is 1. The van der Waals surface area contributed by atoms with Gasteiger partial charge in [0.05, 0.1) is 22.4 Å². The van der Waals surface area contributed by atoms with Crippen LogP contribution in [0, 0.1) is 0 Å². The van der Waals surface area contributed by atoms with Gasteiger partial charge in [0.2, 0.25) is 0 Å². The number of fused-ring (bicyclic) bond motifs is 1. The second-order valence-electron chi connectivity index (χ2n) is 5.52. The fourth-order valence-corrected chi connectivity index (χ4v) is 2.71. The molecule has 1 heterocycles. The minimum atomic E-state index is -0.586. The highest BCUT2D eigenvalue weighted by molar-refractivity contribution is 7.22. The maximum absolute atomic E-state index is 11.9. The van der Waals surface area contributed by atoms with Gasteiger partial charge in [0.25, 0.3) is 0 Å². The van der Waals surface area contributed by atoms with Gasteiger partial charge in [-0.25, -0.2) is 14.6 Å². The second-order valence-corrected chi connectivity index (χ2v) is 6.52. The fourth-order valence-electron chi connectivity index (χ4n) is 1.76. The lowest BCUT2D eigenvalue weighted by molar-refractivity contribution is 0.0528. The molecule has 0 atom stereocenters. The molecule has 0 aliphatic rings. The first kappa shape index (κ1) is 16.2. The van der Waals surface area contributed by atoms with Crippen molar-refractivity contribution in [3.05, 3.63) is 23.8 Å². The molecule has 0 aliphatic heterocycles. The lowest BCUT2D eigenvalue weighted by atomic mass is 10.2. The summed E-state index contributed by atoms with van der Waals surface area (Å²) in [4.78, 5) is 28.0. The van der Waals surface area contributed by atoms with Crippen molar-refractivity contribution in [3.63, 3.8) is 0 Å². The van der Waals surface area contributed by atoms with E-state index in [-0.39, 0.29) is 0 Å². The van der Waals surface area contributed by atoms with Crippen LogP contribution >= 0.6 is 11.3 Å². The molecule has 1 amide bonds. The molecular formula is C15H18N2O4S. The van der Waals surface area contributed by atoms with Crippen molar-refractivity contribution < 1.29 is 19.1 Å². The van der Waals surface area contributed by atoms with E-state index in [2.05, 4.69) is 10.3 Å². The first-order chi connectivity index (χ1) is 10.3. The van der Waals surface area contributed by atoms with Crippen molar-refractivity contribution in [1.29, 1.82) is 0 Å². The highest BCUT2D eigenvalue weighted by Gasteiger charge is 2.19. The Balaban J connectivity index is 2.25. The molecule has 0 saturated heterocycles. The molecule has 0 bridgehead atoms. The Morgan fingerprint density at radius 3 is 2.68 bits per heavy atom. The van der Waals surface area contributed by atoms with E-state index in [1.807, 2.05) is 0 Å². The van der Waals surface area contributed by atoms with Crippen LogP contribution in [-0.2, 0) is 9.47 Å². The van der Waals surface area contributed by atoms with Gasteiger partial charge < -0.3 is 9.47 Å². The molecule has 0 fully saturated rings. The van der Waals surface area contributed by atoms with Crippen LogP contribution < -0.4 is 5.32 Å². The summed E-state index contributed by atoms with van der Waals surface area (Å²) in [5.74, 6) is -0.402. The molecule has 2 rings (SSSR count). The summed E-state index contributed by atoms with van der Waals surface area (Å²) in [5.41, 5.74) is 0.479. The highest BCUT2D eigenvalue weighted by Crippen LogP contribution is 2.29. The van der Waals surface area contributed by atoms with E-state index in [0.29, 0.717) is 27.5 Å². The normalized spacial score (nSPS) is 11.3. The summed E-state index contributed by atoms with van der Waals surface area (Å²) in [6.07, 6.45) is -0.579. The quantitative estimate of drug-likeness (QED) is 0.869. The number of nitrogens with zero attached hydrogens (tertiary/aromatic N) is 1. The Morgan fingerprint density at radius 1 is 1.32 bits per heavy atom. The molecule has 22 heavy (non-hydrogen) atoms. The monoisotopic (exact) mass is 322 g/mol. The number of nitrogens with one attached hydrogen (secondary N) is 1. The second kappa shape index (κ2) is 6.31. The van der Waals surface area contributed by atoms with Crippen LogP contribution in [0.4, 0.5) is 9.93 Å². The molecule has 0 saturated carbocycles. The SMILES string of the molecule is CCOC(=O)c1cccc2nc(NC(=O)OC(C)(C)C)sc12. The number of hydrogen-bond donors (Lipinski definition) is 1. The van der Waals surface area contributed by atoms with Crippen LogP contribution in [-0.4, -0.2) is 29.3 Å². The lowest BCUT2D eigenvalue weighted by Gasteiger charge is -2.18. The number of amides is 1. The van der Waals surface area contributed by atoms with E-state index in [1.54, 1.807) is 45.9 Å². The third-order valence-electron chi connectivity index (χ3n) is 2.52. The first-order valence-electron chi connectivity index (χ1n) is 6.87. The Kier molecular flexibility index (Phi) is 4.65. The molecule has 6 nitrogen and oxygen atoms in total. The molecule has 1 aromatic heterocycles. The summed E-state index contributed by atoms with van der Waals surface area (Å²) >= 11 is 1.21. The van der Waals surface area contributed by atoms with Crippen molar-refractivity contribution in [3.8, 4) is 0 Å². The average molecular weight is 322 g/mol. The van der Waals surface area contributed by atoms with Crippen molar-refractivity contribution in [2.24, 2.45) is 0 Å². The molecular weight excluding hydrogens is 304 g/mol. The zero-order valence-electron chi connectivity index (χ0n) is 12.9. The largest absolute Gasteiger partial charge is 0.462 e. The van der Waals surface area contributed by atoms with Crippen molar-refractivity contribution >= 4 is 38.7 Å². The summed E-state index contributed by atoms with van der Waals surface area (Å²) in [6, 6.07) is 5.18. The van der Waals surface area contributed by atoms with Crippen molar-refractivity contribution in [1.82, 2.24) is 4.98 Å². The zero-order chi connectivity index (χ0) is 16.3. The van der Waals surface area contributed by atoms with E-state index in [9.17, 15) is 9.59 Å². The minimum Gasteiger partial charge on any atom is -0.462 e. The fraction of sp³-hybridized carbons (Fsp3) is 0.400. The Bertz CT molecular complexity index is 703. The van der Waals surface area contributed by atoms with Gasteiger partial charge in [-0.1, -0.05) is 17.4 Å². The van der Waals surface area contributed by atoms with Gasteiger partial charge in [0.15, 0.2) is 5.13 Å². The number of anilines is 1. The lowest BCUT2D eigenvalue weighted by Crippen LogP contribution is -2.27. The average Bonchev–Trinajstić information content (AvgIpc) is 2.78. The van der Waals surface area contributed by atoms with E-state index in [1.165, 1.54) is 11.3 Å².